The van der Waals surface area contributed by atoms with Gasteiger partial charge in [0.1, 0.15) is 0 Å². The van der Waals surface area contributed by atoms with Crippen LogP contribution in [0.5, 0.6) is 0 Å². The predicted molar refractivity (Wildman–Crippen MR) is 87.7 cm³/mol. The van der Waals surface area contributed by atoms with Gasteiger partial charge in [-0.3, -0.25) is 0 Å². The maximum Gasteiger partial charge on any atom is 0.0991 e. The average Bonchev–Trinajstić information content (AvgIpc) is 2.93. The van der Waals surface area contributed by atoms with Gasteiger partial charge >= 0.3 is 0 Å². The van der Waals surface area contributed by atoms with Crippen LogP contribution in [0.3, 0.4) is 0 Å². The Labute approximate surface area is 129 Å². The molecule has 1 aliphatic heterocycles. The molecule has 2 heterocycles. The Balaban J connectivity index is 1.84. The number of fused-ring (bicyclic) bond motifs is 3. The summed E-state index contributed by atoms with van der Waals surface area (Å²) < 4.78 is 0. The molecule has 3 nitrogen and oxygen atoms in total. The van der Waals surface area contributed by atoms with Crippen LogP contribution >= 0.6 is 0 Å². The van der Waals surface area contributed by atoms with Gasteiger partial charge in [-0.2, -0.15) is 5.26 Å². The fourth-order valence-electron chi connectivity index (χ4n) is 3.38. The number of hydrogen-bond donors (Lipinski definition) is 2. The maximum atomic E-state index is 8.95. The molecule has 4 rings (SSSR count). The summed E-state index contributed by atoms with van der Waals surface area (Å²) in [7, 11) is 0. The van der Waals surface area contributed by atoms with Crippen LogP contribution in [-0.2, 0) is 6.42 Å². The van der Waals surface area contributed by atoms with Gasteiger partial charge in [0.15, 0.2) is 0 Å². The average molecular weight is 287 g/mol. The second-order valence-electron chi connectivity index (χ2n) is 5.94. The lowest BCUT2D eigenvalue weighted by Crippen LogP contribution is -2.30. The molecule has 1 aliphatic rings. The third-order valence-corrected chi connectivity index (χ3v) is 4.48. The predicted octanol–water partition coefficient (Wildman–Crippen LogP) is 3.58. The van der Waals surface area contributed by atoms with Gasteiger partial charge in [0.2, 0.25) is 0 Å². The summed E-state index contributed by atoms with van der Waals surface area (Å²) in [5, 5.41) is 13.9. The van der Waals surface area contributed by atoms with E-state index in [-0.39, 0.29) is 6.04 Å². The highest BCUT2D eigenvalue weighted by molar-refractivity contribution is 5.86. The van der Waals surface area contributed by atoms with Crippen LogP contribution in [0.1, 0.15) is 34.0 Å². The number of rotatable bonds is 1. The van der Waals surface area contributed by atoms with E-state index in [0.29, 0.717) is 5.56 Å². The summed E-state index contributed by atoms with van der Waals surface area (Å²) in [6, 6.07) is 16.8. The highest BCUT2D eigenvalue weighted by Crippen LogP contribution is 2.33. The zero-order valence-electron chi connectivity index (χ0n) is 12.5. The Morgan fingerprint density at radius 2 is 1.95 bits per heavy atom. The zero-order valence-corrected chi connectivity index (χ0v) is 12.5. The van der Waals surface area contributed by atoms with E-state index in [0.717, 1.165) is 13.0 Å². The van der Waals surface area contributed by atoms with Crippen molar-refractivity contribution in [3.63, 3.8) is 0 Å². The van der Waals surface area contributed by atoms with Crippen molar-refractivity contribution >= 4 is 10.9 Å². The molecule has 108 valence electrons. The first-order valence-electron chi connectivity index (χ1n) is 7.61. The van der Waals surface area contributed by atoms with Crippen LogP contribution in [0.2, 0.25) is 0 Å². The molecule has 0 saturated carbocycles. The molecule has 0 fully saturated rings. The van der Waals surface area contributed by atoms with Gasteiger partial charge in [-0.05, 0) is 48.7 Å². The van der Waals surface area contributed by atoms with Crippen molar-refractivity contribution < 1.29 is 0 Å². The van der Waals surface area contributed by atoms with Gasteiger partial charge in [0.25, 0.3) is 0 Å². The fraction of sp³-hybridized carbons (Fsp3) is 0.211. The first-order chi connectivity index (χ1) is 10.8. The van der Waals surface area contributed by atoms with Crippen LogP contribution in [0.25, 0.3) is 10.9 Å². The SMILES string of the molecule is Cc1ccc2[nH]c3c(c2c1)CCNC3c1ccc(C#N)cc1. The monoisotopic (exact) mass is 287 g/mol. The molecule has 3 aromatic rings. The molecule has 0 spiro atoms. The Morgan fingerprint density at radius 3 is 2.73 bits per heavy atom. The highest BCUT2D eigenvalue weighted by Gasteiger charge is 2.25. The Bertz CT molecular complexity index is 881. The van der Waals surface area contributed by atoms with Crippen molar-refractivity contribution in [3.05, 3.63) is 70.4 Å². The summed E-state index contributed by atoms with van der Waals surface area (Å²) in [6.45, 7) is 3.11. The van der Waals surface area contributed by atoms with Crippen molar-refractivity contribution in [1.82, 2.24) is 10.3 Å². The summed E-state index contributed by atoms with van der Waals surface area (Å²) in [6.07, 6.45) is 1.05. The molecule has 2 aromatic carbocycles. The van der Waals surface area contributed by atoms with Gasteiger partial charge in [-0.1, -0.05) is 23.8 Å². The summed E-state index contributed by atoms with van der Waals surface area (Å²) in [5.74, 6) is 0. The van der Waals surface area contributed by atoms with Crippen LogP contribution in [0, 0.1) is 18.3 Å². The second-order valence-corrected chi connectivity index (χ2v) is 5.94. The first kappa shape index (κ1) is 13.1. The quantitative estimate of drug-likeness (QED) is 0.718. The smallest absolute Gasteiger partial charge is 0.0991 e. The molecule has 0 amide bonds. The Hall–Kier alpha value is -2.57. The summed E-state index contributed by atoms with van der Waals surface area (Å²) in [4.78, 5) is 3.59. The maximum absolute atomic E-state index is 8.95. The second kappa shape index (κ2) is 5.01. The highest BCUT2D eigenvalue weighted by atomic mass is 15.0. The fourth-order valence-corrected chi connectivity index (χ4v) is 3.38. The number of nitrogens with one attached hydrogen (secondary N) is 2. The van der Waals surface area contributed by atoms with E-state index in [4.69, 9.17) is 5.26 Å². The Morgan fingerprint density at radius 1 is 1.14 bits per heavy atom. The minimum Gasteiger partial charge on any atom is -0.357 e. The minimum absolute atomic E-state index is 0.171. The molecule has 1 unspecified atom stereocenters. The number of hydrogen-bond acceptors (Lipinski definition) is 2. The van der Waals surface area contributed by atoms with E-state index in [1.165, 1.54) is 33.3 Å². The van der Waals surface area contributed by atoms with Crippen molar-refractivity contribution in [2.75, 3.05) is 6.54 Å². The molecular formula is C19H17N3. The molecule has 2 N–H and O–H groups in total. The molecular weight excluding hydrogens is 270 g/mol. The van der Waals surface area contributed by atoms with E-state index in [1.54, 1.807) is 0 Å². The normalized spacial score (nSPS) is 17.2. The van der Waals surface area contributed by atoms with Crippen molar-refractivity contribution in [3.8, 4) is 6.07 Å². The number of aromatic amines is 1. The van der Waals surface area contributed by atoms with E-state index < -0.39 is 0 Å². The molecule has 1 aromatic heterocycles. The third kappa shape index (κ3) is 2.01. The van der Waals surface area contributed by atoms with Gasteiger partial charge in [-0.25, -0.2) is 0 Å². The first-order valence-corrected chi connectivity index (χ1v) is 7.61. The standard InChI is InChI=1S/C19H17N3/c1-12-2-7-17-16(10-12)15-8-9-21-18(19(15)22-17)14-5-3-13(11-20)4-6-14/h2-7,10,18,21-22H,8-9H2,1H3. The lowest BCUT2D eigenvalue weighted by atomic mass is 9.93. The van der Waals surface area contributed by atoms with Crippen molar-refractivity contribution in [2.45, 2.75) is 19.4 Å². The van der Waals surface area contributed by atoms with E-state index in [9.17, 15) is 0 Å². The number of nitrogens with zero attached hydrogens (tertiary/aromatic N) is 1. The molecule has 0 bridgehead atoms. The molecule has 3 heteroatoms. The summed E-state index contributed by atoms with van der Waals surface area (Å²) >= 11 is 0. The minimum atomic E-state index is 0.171. The van der Waals surface area contributed by atoms with Crippen molar-refractivity contribution in [1.29, 1.82) is 5.26 Å². The van der Waals surface area contributed by atoms with Crippen LogP contribution < -0.4 is 5.32 Å². The van der Waals surface area contributed by atoms with E-state index >= 15 is 0 Å². The summed E-state index contributed by atoms with van der Waals surface area (Å²) in [5.41, 5.74) is 7.08. The van der Waals surface area contributed by atoms with Gasteiger partial charge in [0, 0.05) is 23.1 Å². The van der Waals surface area contributed by atoms with Gasteiger partial charge in [-0.15, -0.1) is 0 Å². The molecule has 0 aliphatic carbocycles. The third-order valence-electron chi connectivity index (χ3n) is 4.48. The van der Waals surface area contributed by atoms with Gasteiger partial charge in [0.05, 0.1) is 17.7 Å². The number of H-pyrrole nitrogens is 1. The number of benzene rings is 2. The molecule has 0 radical (unpaired) electrons. The largest absolute Gasteiger partial charge is 0.357 e. The van der Waals surface area contributed by atoms with Crippen LogP contribution in [0.15, 0.2) is 42.5 Å². The Kier molecular flexibility index (Phi) is 2.99. The molecule has 22 heavy (non-hydrogen) atoms. The van der Waals surface area contributed by atoms with Crippen LogP contribution in [-0.4, -0.2) is 11.5 Å². The zero-order chi connectivity index (χ0) is 15.1. The topological polar surface area (TPSA) is 51.6 Å². The number of nitriles is 1. The number of aryl methyl sites for hydroxylation is 1. The van der Waals surface area contributed by atoms with Crippen molar-refractivity contribution in [2.24, 2.45) is 0 Å². The van der Waals surface area contributed by atoms with Crippen LogP contribution in [0.4, 0.5) is 0 Å². The number of aromatic nitrogens is 1. The lowest BCUT2D eigenvalue weighted by Gasteiger charge is -2.24. The van der Waals surface area contributed by atoms with E-state index in [2.05, 4.69) is 41.5 Å². The molecule has 1 atom stereocenters. The van der Waals surface area contributed by atoms with E-state index in [1.807, 2.05) is 24.3 Å². The molecule has 0 saturated heterocycles. The lowest BCUT2D eigenvalue weighted by molar-refractivity contribution is 0.560. The van der Waals surface area contributed by atoms with Gasteiger partial charge < -0.3 is 10.3 Å².